The van der Waals surface area contributed by atoms with Crippen LogP contribution >= 0.6 is 0 Å². The van der Waals surface area contributed by atoms with Gasteiger partial charge in [-0.05, 0) is 6.42 Å². The molecule has 2 saturated heterocycles. The maximum absolute atomic E-state index is 12.5. The van der Waals surface area contributed by atoms with Crippen LogP contribution in [0.25, 0.3) is 0 Å². The Balaban J connectivity index is 2.11. The molecule has 2 aliphatic heterocycles. The van der Waals surface area contributed by atoms with Crippen LogP contribution in [0.1, 0.15) is 19.8 Å². The van der Waals surface area contributed by atoms with Gasteiger partial charge >= 0.3 is 5.97 Å². The molecule has 7 heteroatoms. The second-order valence-electron chi connectivity index (χ2n) is 5.29. The highest BCUT2D eigenvalue weighted by atomic mass is 16.5. The number of carboxylic acid groups (broad SMARTS) is 1. The van der Waals surface area contributed by atoms with Gasteiger partial charge in [0.2, 0.25) is 11.8 Å². The summed E-state index contributed by atoms with van der Waals surface area (Å²) >= 11 is 0. The van der Waals surface area contributed by atoms with Gasteiger partial charge in [-0.25, -0.2) is 0 Å². The molecule has 0 aromatic heterocycles. The predicted molar refractivity (Wildman–Crippen MR) is 68.9 cm³/mol. The van der Waals surface area contributed by atoms with Crippen molar-refractivity contribution in [2.24, 2.45) is 11.8 Å². The van der Waals surface area contributed by atoms with E-state index in [1.165, 1.54) is 0 Å². The molecule has 7 nitrogen and oxygen atoms in total. The lowest BCUT2D eigenvalue weighted by Crippen LogP contribution is -2.49. The fourth-order valence-electron chi connectivity index (χ4n) is 2.78. The summed E-state index contributed by atoms with van der Waals surface area (Å²) in [6, 6.07) is -0.435. The molecule has 2 amide bonds. The Morgan fingerprint density at radius 2 is 2.20 bits per heavy atom. The number of hydrogen-bond donors (Lipinski definition) is 2. The Hall–Kier alpha value is -1.63. The summed E-state index contributed by atoms with van der Waals surface area (Å²) in [7, 11) is 0. The Labute approximate surface area is 117 Å². The summed E-state index contributed by atoms with van der Waals surface area (Å²) < 4.78 is 5.23. The van der Waals surface area contributed by atoms with Gasteiger partial charge in [0.05, 0.1) is 25.2 Å². The lowest BCUT2D eigenvalue weighted by molar-refractivity contribution is -0.146. The molecule has 3 atom stereocenters. The number of nitrogens with one attached hydrogen (secondary N) is 1. The van der Waals surface area contributed by atoms with E-state index in [2.05, 4.69) is 5.32 Å². The van der Waals surface area contributed by atoms with Crippen LogP contribution < -0.4 is 5.32 Å². The van der Waals surface area contributed by atoms with Gasteiger partial charge < -0.3 is 20.1 Å². The third kappa shape index (κ3) is 2.92. The van der Waals surface area contributed by atoms with E-state index in [0.29, 0.717) is 13.1 Å². The molecule has 2 rings (SSSR count). The first-order chi connectivity index (χ1) is 9.54. The number of rotatable bonds is 5. The van der Waals surface area contributed by atoms with E-state index >= 15 is 0 Å². The number of amides is 2. The zero-order chi connectivity index (χ0) is 14.7. The Morgan fingerprint density at radius 3 is 2.75 bits per heavy atom. The molecule has 0 radical (unpaired) electrons. The standard InChI is InChI=1S/C13H20N2O5/c1-2-3-15(10-7-20-6-9(10)13(18)19)12(17)8-4-11(16)14-5-8/h8-10H,2-7H2,1H3,(H,14,16)(H,18,19). The van der Waals surface area contributed by atoms with Gasteiger partial charge in [-0.2, -0.15) is 0 Å². The van der Waals surface area contributed by atoms with Gasteiger partial charge in [-0.15, -0.1) is 0 Å². The van der Waals surface area contributed by atoms with Gasteiger partial charge in [0.25, 0.3) is 0 Å². The van der Waals surface area contributed by atoms with Crippen LogP contribution in [-0.4, -0.2) is 60.1 Å². The van der Waals surface area contributed by atoms with Crippen LogP contribution in [0, 0.1) is 11.8 Å². The molecule has 2 fully saturated rings. The normalized spacial score (nSPS) is 29.2. The molecular formula is C13H20N2O5. The van der Waals surface area contributed by atoms with Crippen molar-refractivity contribution in [3.05, 3.63) is 0 Å². The van der Waals surface area contributed by atoms with Crippen LogP contribution in [0.15, 0.2) is 0 Å². The van der Waals surface area contributed by atoms with E-state index in [0.717, 1.165) is 6.42 Å². The largest absolute Gasteiger partial charge is 0.481 e. The van der Waals surface area contributed by atoms with Crippen LogP contribution in [0.3, 0.4) is 0 Å². The van der Waals surface area contributed by atoms with Gasteiger partial charge in [-0.3, -0.25) is 14.4 Å². The molecule has 2 heterocycles. The zero-order valence-electron chi connectivity index (χ0n) is 11.5. The Kier molecular flexibility index (Phi) is 4.59. The zero-order valence-corrected chi connectivity index (χ0v) is 11.5. The third-order valence-electron chi connectivity index (χ3n) is 3.84. The quantitative estimate of drug-likeness (QED) is 0.707. The third-order valence-corrected chi connectivity index (χ3v) is 3.84. The van der Waals surface area contributed by atoms with Crippen molar-refractivity contribution in [3.8, 4) is 0 Å². The van der Waals surface area contributed by atoms with E-state index in [1.807, 2.05) is 6.92 Å². The van der Waals surface area contributed by atoms with Crippen molar-refractivity contribution >= 4 is 17.8 Å². The van der Waals surface area contributed by atoms with Crippen molar-refractivity contribution in [2.45, 2.75) is 25.8 Å². The molecule has 0 aliphatic carbocycles. The molecule has 0 spiro atoms. The number of carbonyl (C=O) groups is 3. The van der Waals surface area contributed by atoms with Crippen LogP contribution in [0.5, 0.6) is 0 Å². The highest BCUT2D eigenvalue weighted by molar-refractivity contribution is 5.89. The summed E-state index contributed by atoms with van der Waals surface area (Å²) in [5.74, 6) is -2.29. The molecular weight excluding hydrogens is 264 g/mol. The number of carbonyl (C=O) groups excluding carboxylic acids is 2. The van der Waals surface area contributed by atoms with Crippen LogP contribution in [0.4, 0.5) is 0 Å². The lowest BCUT2D eigenvalue weighted by atomic mass is 9.99. The highest BCUT2D eigenvalue weighted by Gasteiger charge is 2.42. The number of nitrogens with zero attached hydrogens (tertiary/aromatic N) is 1. The Morgan fingerprint density at radius 1 is 1.45 bits per heavy atom. The smallest absolute Gasteiger partial charge is 0.311 e. The summed E-state index contributed by atoms with van der Waals surface area (Å²) in [5, 5.41) is 11.8. The molecule has 0 aromatic rings. The van der Waals surface area contributed by atoms with Gasteiger partial charge in [0.1, 0.15) is 5.92 Å². The second kappa shape index (κ2) is 6.21. The van der Waals surface area contributed by atoms with E-state index in [9.17, 15) is 19.5 Å². The molecule has 2 N–H and O–H groups in total. The first kappa shape index (κ1) is 14.8. The monoisotopic (exact) mass is 284 g/mol. The van der Waals surface area contributed by atoms with Crippen molar-refractivity contribution in [3.63, 3.8) is 0 Å². The Bertz CT molecular complexity index is 412. The fourth-order valence-corrected chi connectivity index (χ4v) is 2.78. The van der Waals surface area contributed by atoms with Crippen molar-refractivity contribution in [1.82, 2.24) is 10.2 Å². The van der Waals surface area contributed by atoms with Crippen LogP contribution in [0.2, 0.25) is 0 Å². The minimum absolute atomic E-state index is 0.128. The molecule has 2 aliphatic rings. The van der Waals surface area contributed by atoms with Gasteiger partial charge in [0.15, 0.2) is 0 Å². The predicted octanol–water partition coefficient (Wildman–Crippen LogP) is -0.539. The SMILES string of the molecule is CCCN(C(=O)C1CNC(=O)C1)C1COCC1C(=O)O. The summed E-state index contributed by atoms with van der Waals surface area (Å²) in [6.07, 6.45) is 0.924. The first-order valence-corrected chi connectivity index (χ1v) is 6.92. The molecule has 0 saturated carbocycles. The first-order valence-electron chi connectivity index (χ1n) is 6.92. The summed E-state index contributed by atoms with van der Waals surface area (Å²) in [4.78, 5) is 36.6. The van der Waals surface area contributed by atoms with Crippen molar-refractivity contribution in [2.75, 3.05) is 26.3 Å². The molecule has 0 aromatic carbocycles. The maximum atomic E-state index is 12.5. The number of ether oxygens (including phenoxy) is 1. The maximum Gasteiger partial charge on any atom is 0.311 e. The van der Waals surface area contributed by atoms with Crippen LogP contribution in [-0.2, 0) is 19.1 Å². The fraction of sp³-hybridized carbons (Fsp3) is 0.769. The van der Waals surface area contributed by atoms with E-state index in [4.69, 9.17) is 4.74 Å². The molecule has 20 heavy (non-hydrogen) atoms. The minimum atomic E-state index is -0.943. The summed E-state index contributed by atoms with van der Waals surface area (Å²) in [6.45, 7) is 3.14. The average Bonchev–Trinajstić information content (AvgIpc) is 3.03. The minimum Gasteiger partial charge on any atom is -0.481 e. The second-order valence-corrected chi connectivity index (χ2v) is 5.29. The molecule has 0 bridgehead atoms. The van der Waals surface area contributed by atoms with Gasteiger partial charge in [0, 0.05) is 19.5 Å². The topological polar surface area (TPSA) is 95.9 Å². The number of aliphatic carboxylic acids is 1. The lowest BCUT2D eigenvalue weighted by Gasteiger charge is -2.32. The summed E-state index contributed by atoms with van der Waals surface area (Å²) in [5.41, 5.74) is 0. The van der Waals surface area contributed by atoms with Gasteiger partial charge in [-0.1, -0.05) is 6.92 Å². The van der Waals surface area contributed by atoms with E-state index < -0.39 is 17.9 Å². The molecule has 3 unspecified atom stereocenters. The van der Waals surface area contributed by atoms with Crippen molar-refractivity contribution in [1.29, 1.82) is 0 Å². The van der Waals surface area contributed by atoms with Crippen molar-refractivity contribution < 1.29 is 24.2 Å². The van der Waals surface area contributed by atoms with E-state index in [-0.39, 0.29) is 37.4 Å². The van der Waals surface area contributed by atoms with E-state index in [1.54, 1.807) is 4.90 Å². The average molecular weight is 284 g/mol. The number of carboxylic acids is 1. The highest BCUT2D eigenvalue weighted by Crippen LogP contribution is 2.24. The molecule has 112 valence electrons. The number of hydrogen-bond acceptors (Lipinski definition) is 4.